The number of hydrogen-bond acceptors (Lipinski definition) is 5. The van der Waals surface area contributed by atoms with Gasteiger partial charge in [0.1, 0.15) is 11.3 Å². The standard InChI is InChI=1S/C17H12F3NO3S/c1-23-12-3-4-13-10(6-16(22)24-14(13)7-12)9-25-15-5-2-11(8-21-15)17(18,19)20/h2-8H,9H2,1H3. The van der Waals surface area contributed by atoms with Crippen molar-refractivity contribution in [1.82, 2.24) is 4.98 Å². The van der Waals surface area contributed by atoms with Gasteiger partial charge in [-0.05, 0) is 29.8 Å². The zero-order valence-electron chi connectivity index (χ0n) is 13.0. The predicted molar refractivity (Wildman–Crippen MR) is 87.8 cm³/mol. The summed E-state index contributed by atoms with van der Waals surface area (Å²) in [6.07, 6.45) is -3.62. The molecule has 0 aliphatic heterocycles. The number of hydrogen-bond donors (Lipinski definition) is 0. The lowest BCUT2D eigenvalue weighted by atomic mass is 10.1. The molecule has 3 aromatic rings. The lowest BCUT2D eigenvalue weighted by Gasteiger charge is -2.08. The number of nitrogens with zero attached hydrogens (tertiary/aromatic N) is 1. The zero-order chi connectivity index (χ0) is 18.0. The van der Waals surface area contributed by atoms with E-state index in [1.165, 1.54) is 31.0 Å². The van der Waals surface area contributed by atoms with E-state index in [1.807, 2.05) is 0 Å². The SMILES string of the molecule is COc1ccc2c(CSc3ccc(C(F)(F)F)cn3)cc(=O)oc2c1. The van der Waals surface area contributed by atoms with Crippen LogP contribution in [0.4, 0.5) is 13.2 Å². The second-order valence-electron chi connectivity index (χ2n) is 5.12. The summed E-state index contributed by atoms with van der Waals surface area (Å²) >= 11 is 1.24. The fraction of sp³-hybridized carbons (Fsp3) is 0.176. The molecule has 25 heavy (non-hydrogen) atoms. The molecular formula is C17H12F3NO3S. The van der Waals surface area contributed by atoms with E-state index in [9.17, 15) is 18.0 Å². The molecular weight excluding hydrogens is 355 g/mol. The minimum absolute atomic E-state index is 0.368. The summed E-state index contributed by atoms with van der Waals surface area (Å²) in [6.45, 7) is 0. The average molecular weight is 367 g/mol. The van der Waals surface area contributed by atoms with Gasteiger partial charge in [-0.3, -0.25) is 0 Å². The van der Waals surface area contributed by atoms with E-state index >= 15 is 0 Å². The van der Waals surface area contributed by atoms with Gasteiger partial charge in [-0.15, -0.1) is 11.8 Å². The minimum Gasteiger partial charge on any atom is -0.497 e. The van der Waals surface area contributed by atoms with Crippen LogP contribution in [0.5, 0.6) is 5.75 Å². The van der Waals surface area contributed by atoms with Gasteiger partial charge < -0.3 is 9.15 Å². The molecule has 0 radical (unpaired) electrons. The van der Waals surface area contributed by atoms with Gasteiger partial charge in [0, 0.05) is 29.5 Å². The third-order valence-electron chi connectivity index (χ3n) is 3.48. The van der Waals surface area contributed by atoms with Crippen LogP contribution in [0.3, 0.4) is 0 Å². The highest BCUT2D eigenvalue weighted by Gasteiger charge is 2.30. The number of benzene rings is 1. The molecule has 0 fully saturated rings. The molecule has 2 aromatic heterocycles. The smallest absolute Gasteiger partial charge is 0.417 e. The number of ether oxygens (including phenoxy) is 1. The third kappa shape index (κ3) is 3.96. The monoisotopic (exact) mass is 367 g/mol. The predicted octanol–water partition coefficient (Wildman–Crippen LogP) is 4.51. The summed E-state index contributed by atoms with van der Waals surface area (Å²) in [7, 11) is 1.51. The minimum atomic E-state index is -4.41. The van der Waals surface area contributed by atoms with Crippen molar-refractivity contribution in [3.63, 3.8) is 0 Å². The maximum atomic E-state index is 12.5. The Bertz CT molecular complexity index is 952. The number of rotatable bonds is 4. The van der Waals surface area contributed by atoms with Crippen molar-refractivity contribution in [2.24, 2.45) is 0 Å². The van der Waals surface area contributed by atoms with Crippen LogP contribution in [-0.4, -0.2) is 12.1 Å². The highest BCUT2D eigenvalue weighted by molar-refractivity contribution is 7.98. The normalized spacial score (nSPS) is 11.7. The van der Waals surface area contributed by atoms with E-state index in [1.54, 1.807) is 18.2 Å². The first kappa shape index (κ1) is 17.3. The summed E-state index contributed by atoms with van der Waals surface area (Å²) in [6, 6.07) is 8.79. The molecule has 0 aliphatic rings. The van der Waals surface area contributed by atoms with Crippen molar-refractivity contribution in [2.45, 2.75) is 17.0 Å². The van der Waals surface area contributed by atoms with E-state index in [2.05, 4.69) is 4.98 Å². The Morgan fingerprint density at radius 2 is 2.00 bits per heavy atom. The van der Waals surface area contributed by atoms with Gasteiger partial charge in [0.2, 0.25) is 0 Å². The Morgan fingerprint density at radius 3 is 2.64 bits per heavy atom. The maximum absolute atomic E-state index is 12.5. The van der Waals surface area contributed by atoms with Crippen LogP contribution >= 0.6 is 11.8 Å². The molecule has 0 aliphatic carbocycles. The van der Waals surface area contributed by atoms with Crippen molar-refractivity contribution < 1.29 is 22.3 Å². The summed E-state index contributed by atoms with van der Waals surface area (Å²) in [5.74, 6) is 0.928. The molecule has 3 rings (SSSR count). The van der Waals surface area contributed by atoms with Gasteiger partial charge in [-0.25, -0.2) is 9.78 Å². The van der Waals surface area contributed by atoms with Gasteiger partial charge >= 0.3 is 11.8 Å². The zero-order valence-corrected chi connectivity index (χ0v) is 13.8. The van der Waals surface area contributed by atoms with E-state index in [0.717, 1.165) is 17.6 Å². The van der Waals surface area contributed by atoms with Gasteiger partial charge in [0.05, 0.1) is 17.7 Å². The third-order valence-corrected chi connectivity index (χ3v) is 4.47. The van der Waals surface area contributed by atoms with Crippen LogP contribution < -0.4 is 10.4 Å². The molecule has 2 heterocycles. The van der Waals surface area contributed by atoms with E-state index in [-0.39, 0.29) is 0 Å². The molecule has 0 atom stereocenters. The fourth-order valence-electron chi connectivity index (χ4n) is 2.24. The topological polar surface area (TPSA) is 52.3 Å². The lowest BCUT2D eigenvalue weighted by Crippen LogP contribution is -2.05. The Hall–Kier alpha value is -2.48. The molecule has 0 bridgehead atoms. The molecule has 0 N–H and O–H groups in total. The van der Waals surface area contributed by atoms with E-state index < -0.39 is 17.4 Å². The molecule has 130 valence electrons. The van der Waals surface area contributed by atoms with Crippen molar-refractivity contribution in [1.29, 1.82) is 0 Å². The Labute approximate surface area is 144 Å². The van der Waals surface area contributed by atoms with E-state index in [0.29, 0.717) is 27.7 Å². The first-order valence-corrected chi connectivity index (χ1v) is 8.12. The molecule has 0 saturated heterocycles. The van der Waals surface area contributed by atoms with Gasteiger partial charge in [-0.1, -0.05) is 0 Å². The number of alkyl halides is 3. The van der Waals surface area contributed by atoms with Crippen molar-refractivity contribution in [3.8, 4) is 5.75 Å². The molecule has 0 spiro atoms. The number of fused-ring (bicyclic) bond motifs is 1. The second-order valence-corrected chi connectivity index (χ2v) is 6.12. The van der Waals surface area contributed by atoms with Crippen molar-refractivity contribution in [2.75, 3.05) is 7.11 Å². The second kappa shape index (κ2) is 6.79. The summed E-state index contributed by atoms with van der Waals surface area (Å²) in [5, 5.41) is 1.17. The Kier molecular flexibility index (Phi) is 4.71. The summed E-state index contributed by atoms with van der Waals surface area (Å²) in [5.41, 5.74) is -0.199. The van der Waals surface area contributed by atoms with E-state index in [4.69, 9.17) is 9.15 Å². The van der Waals surface area contributed by atoms with Gasteiger partial charge in [0.25, 0.3) is 0 Å². The van der Waals surface area contributed by atoms with Crippen LogP contribution in [0, 0.1) is 0 Å². The van der Waals surface area contributed by atoms with Crippen LogP contribution in [0.25, 0.3) is 11.0 Å². The average Bonchev–Trinajstić information content (AvgIpc) is 2.58. The molecule has 0 unspecified atom stereocenters. The fourth-order valence-corrected chi connectivity index (χ4v) is 3.08. The molecule has 0 saturated carbocycles. The Balaban J connectivity index is 1.84. The van der Waals surface area contributed by atoms with Crippen LogP contribution in [0.2, 0.25) is 0 Å². The lowest BCUT2D eigenvalue weighted by molar-refractivity contribution is -0.137. The van der Waals surface area contributed by atoms with Crippen molar-refractivity contribution >= 4 is 22.7 Å². The van der Waals surface area contributed by atoms with Crippen LogP contribution in [-0.2, 0) is 11.9 Å². The number of pyridine rings is 1. The van der Waals surface area contributed by atoms with Crippen LogP contribution in [0.15, 0.2) is 56.8 Å². The molecule has 0 amide bonds. The molecule has 4 nitrogen and oxygen atoms in total. The first-order valence-electron chi connectivity index (χ1n) is 7.13. The molecule has 1 aromatic carbocycles. The highest BCUT2D eigenvalue weighted by atomic mass is 32.2. The first-order chi connectivity index (χ1) is 11.9. The number of halogens is 3. The highest BCUT2D eigenvalue weighted by Crippen LogP contribution is 2.31. The van der Waals surface area contributed by atoms with Gasteiger partial charge in [-0.2, -0.15) is 13.2 Å². The molecule has 8 heteroatoms. The van der Waals surface area contributed by atoms with Crippen molar-refractivity contribution in [3.05, 3.63) is 64.1 Å². The number of thioether (sulfide) groups is 1. The Morgan fingerprint density at radius 1 is 1.20 bits per heavy atom. The summed E-state index contributed by atoms with van der Waals surface area (Å²) in [4.78, 5) is 15.5. The summed E-state index contributed by atoms with van der Waals surface area (Å²) < 4.78 is 47.9. The quantitative estimate of drug-likeness (QED) is 0.502. The number of methoxy groups -OCH3 is 1. The van der Waals surface area contributed by atoms with Crippen LogP contribution in [0.1, 0.15) is 11.1 Å². The largest absolute Gasteiger partial charge is 0.497 e. The number of aromatic nitrogens is 1. The van der Waals surface area contributed by atoms with Gasteiger partial charge in [0.15, 0.2) is 0 Å². The maximum Gasteiger partial charge on any atom is 0.417 e.